The van der Waals surface area contributed by atoms with Gasteiger partial charge < -0.3 is 0 Å². The van der Waals surface area contributed by atoms with E-state index in [2.05, 4.69) is 28.4 Å². The van der Waals surface area contributed by atoms with Crippen LogP contribution in [-0.4, -0.2) is 9.38 Å². The molecule has 0 fully saturated rings. The molecule has 0 N–H and O–H groups in total. The van der Waals surface area contributed by atoms with Crippen LogP contribution in [0.1, 0.15) is 29.5 Å². The number of hydrogen-bond donors (Lipinski definition) is 0. The first kappa shape index (κ1) is 13.2. The zero-order valence-electron chi connectivity index (χ0n) is 12.5. The van der Waals surface area contributed by atoms with Crippen molar-refractivity contribution in [1.82, 2.24) is 9.38 Å². The lowest BCUT2D eigenvalue weighted by molar-refractivity contribution is 0.686. The summed E-state index contributed by atoms with van der Waals surface area (Å²) >= 11 is 0. The summed E-state index contributed by atoms with van der Waals surface area (Å²) in [6, 6.07) is 10.3. The quantitative estimate of drug-likeness (QED) is 0.648. The van der Waals surface area contributed by atoms with E-state index in [9.17, 15) is 4.91 Å². The number of pyridine rings is 1. The topological polar surface area (TPSA) is 46.7 Å². The highest BCUT2D eigenvalue weighted by Gasteiger charge is 2.17. The molecule has 0 saturated carbocycles. The molecule has 2 aromatic heterocycles. The first-order chi connectivity index (χ1) is 10.8. The Balaban J connectivity index is 1.91. The van der Waals surface area contributed by atoms with Crippen molar-refractivity contribution in [2.45, 2.75) is 32.6 Å². The van der Waals surface area contributed by atoms with Crippen LogP contribution in [0.5, 0.6) is 0 Å². The fraction of sp³-hybridized carbons (Fsp3) is 0.278. The summed E-state index contributed by atoms with van der Waals surface area (Å²) in [5.41, 5.74) is 6.35. The van der Waals surface area contributed by atoms with Crippen molar-refractivity contribution < 1.29 is 0 Å². The van der Waals surface area contributed by atoms with Crippen LogP contribution in [-0.2, 0) is 12.8 Å². The van der Waals surface area contributed by atoms with Crippen LogP contribution in [0.25, 0.3) is 16.9 Å². The third-order valence-corrected chi connectivity index (χ3v) is 4.46. The second-order valence-corrected chi connectivity index (χ2v) is 6.00. The molecular weight excluding hydrogens is 274 g/mol. The fourth-order valence-corrected chi connectivity index (χ4v) is 3.30. The molecule has 0 atom stereocenters. The van der Waals surface area contributed by atoms with Crippen molar-refractivity contribution in [2.24, 2.45) is 5.18 Å². The van der Waals surface area contributed by atoms with E-state index in [1.165, 1.54) is 24.0 Å². The van der Waals surface area contributed by atoms with Crippen molar-refractivity contribution in [2.75, 3.05) is 0 Å². The molecule has 4 heteroatoms. The number of aromatic nitrogens is 2. The maximum Gasteiger partial charge on any atom is 0.209 e. The lowest BCUT2D eigenvalue weighted by Crippen LogP contribution is -2.02. The predicted molar refractivity (Wildman–Crippen MR) is 87.5 cm³/mol. The molecule has 0 bridgehead atoms. The average molecular weight is 291 g/mol. The monoisotopic (exact) mass is 291 g/mol. The van der Waals surface area contributed by atoms with Crippen molar-refractivity contribution in [1.29, 1.82) is 0 Å². The fourth-order valence-electron chi connectivity index (χ4n) is 3.30. The van der Waals surface area contributed by atoms with Gasteiger partial charge in [-0.1, -0.05) is 12.1 Å². The molecule has 0 unspecified atom stereocenters. The Morgan fingerprint density at radius 2 is 1.91 bits per heavy atom. The van der Waals surface area contributed by atoms with Crippen LogP contribution < -0.4 is 0 Å². The minimum Gasteiger partial charge on any atom is -0.281 e. The molecule has 2 heterocycles. The first-order valence-electron chi connectivity index (χ1n) is 7.70. The predicted octanol–water partition coefficient (Wildman–Crippen LogP) is 4.59. The molecule has 0 spiro atoms. The molecule has 0 radical (unpaired) electrons. The molecule has 1 aliphatic rings. The Morgan fingerprint density at radius 1 is 1.09 bits per heavy atom. The van der Waals surface area contributed by atoms with Gasteiger partial charge in [0.15, 0.2) is 0 Å². The molecule has 4 nitrogen and oxygen atoms in total. The van der Waals surface area contributed by atoms with Crippen LogP contribution in [0.4, 0.5) is 5.82 Å². The van der Waals surface area contributed by atoms with E-state index < -0.39 is 0 Å². The number of rotatable bonds is 2. The standard InChI is InChI=1S/C18H17N3O/c1-12-8-9-21-16(10-12)19-17(18(21)20-22)15-7-6-13-4-2-3-5-14(13)11-15/h6-11H,2-5H2,1H3. The third kappa shape index (κ3) is 2.03. The zero-order valence-corrected chi connectivity index (χ0v) is 12.5. The normalized spacial score (nSPS) is 14.0. The Bertz CT molecular complexity index is 879. The van der Waals surface area contributed by atoms with Gasteiger partial charge >= 0.3 is 0 Å². The summed E-state index contributed by atoms with van der Waals surface area (Å²) < 4.78 is 1.76. The van der Waals surface area contributed by atoms with E-state index in [1.54, 1.807) is 4.40 Å². The lowest BCUT2D eigenvalue weighted by Gasteiger charge is -2.16. The van der Waals surface area contributed by atoms with E-state index in [0.717, 1.165) is 29.6 Å². The number of nitrogens with zero attached hydrogens (tertiary/aromatic N) is 3. The molecule has 22 heavy (non-hydrogen) atoms. The molecule has 1 aliphatic carbocycles. The molecular formula is C18H17N3O. The number of hydrogen-bond acceptors (Lipinski definition) is 3. The third-order valence-electron chi connectivity index (χ3n) is 4.46. The molecule has 0 saturated heterocycles. The van der Waals surface area contributed by atoms with Crippen molar-refractivity contribution in [3.8, 4) is 11.3 Å². The van der Waals surface area contributed by atoms with Crippen molar-refractivity contribution >= 4 is 11.5 Å². The van der Waals surface area contributed by atoms with E-state index in [1.807, 2.05) is 25.3 Å². The van der Waals surface area contributed by atoms with Gasteiger partial charge in [0.2, 0.25) is 5.82 Å². The SMILES string of the molecule is Cc1ccn2c(N=O)c(-c3ccc4c(c3)CCCC4)nc2c1. The van der Waals surface area contributed by atoms with Crippen LogP contribution in [0, 0.1) is 11.8 Å². The van der Waals surface area contributed by atoms with E-state index in [0.29, 0.717) is 11.5 Å². The maximum absolute atomic E-state index is 11.3. The van der Waals surface area contributed by atoms with E-state index in [4.69, 9.17) is 0 Å². The highest BCUT2D eigenvalue weighted by atomic mass is 16.3. The Kier molecular flexibility index (Phi) is 3.03. The molecule has 110 valence electrons. The van der Waals surface area contributed by atoms with Crippen molar-refractivity contribution in [3.05, 3.63) is 58.1 Å². The van der Waals surface area contributed by atoms with Gasteiger partial charge in [-0.3, -0.25) is 4.40 Å². The maximum atomic E-state index is 11.3. The van der Waals surface area contributed by atoms with Gasteiger partial charge in [0.1, 0.15) is 11.3 Å². The summed E-state index contributed by atoms with van der Waals surface area (Å²) in [7, 11) is 0. The van der Waals surface area contributed by atoms with Gasteiger partial charge in [0.05, 0.1) is 0 Å². The number of aryl methyl sites for hydroxylation is 3. The Labute approximate surface area is 128 Å². The van der Waals surface area contributed by atoms with Gasteiger partial charge in [-0.15, -0.1) is 4.91 Å². The highest BCUT2D eigenvalue weighted by Crippen LogP contribution is 2.33. The van der Waals surface area contributed by atoms with Gasteiger partial charge in [0.25, 0.3) is 0 Å². The zero-order chi connectivity index (χ0) is 15.1. The number of fused-ring (bicyclic) bond motifs is 2. The number of nitroso groups, excluding NO2 is 1. The van der Waals surface area contributed by atoms with Crippen LogP contribution in [0.3, 0.4) is 0 Å². The Hall–Kier alpha value is -2.49. The van der Waals surface area contributed by atoms with E-state index in [-0.39, 0.29) is 0 Å². The van der Waals surface area contributed by atoms with Crippen LogP contribution in [0.15, 0.2) is 41.7 Å². The van der Waals surface area contributed by atoms with Crippen LogP contribution >= 0.6 is 0 Å². The largest absolute Gasteiger partial charge is 0.281 e. The second kappa shape index (κ2) is 5.05. The van der Waals surface area contributed by atoms with Gasteiger partial charge in [0, 0.05) is 11.8 Å². The number of benzene rings is 1. The minimum atomic E-state index is 0.380. The lowest BCUT2D eigenvalue weighted by atomic mass is 9.90. The summed E-state index contributed by atoms with van der Waals surface area (Å²) in [6.07, 6.45) is 6.62. The molecule has 1 aromatic carbocycles. The van der Waals surface area contributed by atoms with Gasteiger partial charge in [-0.25, -0.2) is 4.98 Å². The minimum absolute atomic E-state index is 0.380. The number of imidazole rings is 1. The molecule has 4 rings (SSSR count). The molecule has 0 amide bonds. The van der Waals surface area contributed by atoms with E-state index >= 15 is 0 Å². The molecule has 0 aliphatic heterocycles. The smallest absolute Gasteiger partial charge is 0.209 e. The van der Waals surface area contributed by atoms with Crippen LogP contribution in [0.2, 0.25) is 0 Å². The summed E-state index contributed by atoms with van der Waals surface area (Å²) in [6.45, 7) is 2.02. The summed E-state index contributed by atoms with van der Waals surface area (Å²) in [5.74, 6) is 0.380. The van der Waals surface area contributed by atoms with Gasteiger partial charge in [-0.05, 0) is 72.7 Å². The van der Waals surface area contributed by atoms with Gasteiger partial charge in [-0.2, -0.15) is 0 Å². The first-order valence-corrected chi connectivity index (χ1v) is 7.70. The van der Waals surface area contributed by atoms with Crippen molar-refractivity contribution in [3.63, 3.8) is 0 Å². The molecule has 3 aromatic rings. The summed E-state index contributed by atoms with van der Waals surface area (Å²) in [5, 5.41) is 3.23. The second-order valence-electron chi connectivity index (χ2n) is 6.00. The summed E-state index contributed by atoms with van der Waals surface area (Å²) in [4.78, 5) is 16.0. The average Bonchev–Trinajstić information content (AvgIpc) is 2.91. The highest BCUT2D eigenvalue weighted by molar-refractivity contribution is 5.75. The Morgan fingerprint density at radius 3 is 2.73 bits per heavy atom.